The summed E-state index contributed by atoms with van der Waals surface area (Å²) < 4.78 is 0. The van der Waals surface area contributed by atoms with Crippen molar-refractivity contribution >= 4 is 11.3 Å². The van der Waals surface area contributed by atoms with Crippen molar-refractivity contribution in [2.24, 2.45) is 5.41 Å². The van der Waals surface area contributed by atoms with Crippen molar-refractivity contribution in [1.29, 1.82) is 0 Å². The van der Waals surface area contributed by atoms with Gasteiger partial charge < -0.3 is 5.32 Å². The molecule has 1 N–H and O–H groups in total. The van der Waals surface area contributed by atoms with E-state index in [9.17, 15) is 0 Å². The number of nitrogens with one attached hydrogen (secondary N) is 1. The third-order valence-electron chi connectivity index (χ3n) is 5.35. The highest BCUT2D eigenvalue weighted by Crippen LogP contribution is 2.61. The molecule has 0 unspecified atom stereocenters. The standard InChI is InChI=1S/C17H27NS/c1-2-18-14-17(15-8-7-11-19-15)12-16(13-17)9-5-3-4-6-10-16/h7-8,11,18H,2-6,9-10,12-14H2,1H3. The van der Waals surface area contributed by atoms with Crippen LogP contribution in [0, 0.1) is 5.41 Å². The predicted molar refractivity (Wildman–Crippen MR) is 83.9 cm³/mol. The minimum absolute atomic E-state index is 0.467. The molecular weight excluding hydrogens is 250 g/mol. The van der Waals surface area contributed by atoms with E-state index in [-0.39, 0.29) is 0 Å². The van der Waals surface area contributed by atoms with E-state index in [1.807, 2.05) is 11.3 Å². The van der Waals surface area contributed by atoms with Gasteiger partial charge in [-0.1, -0.05) is 38.7 Å². The van der Waals surface area contributed by atoms with Crippen LogP contribution in [0.15, 0.2) is 17.5 Å². The van der Waals surface area contributed by atoms with Crippen molar-refractivity contribution in [3.63, 3.8) is 0 Å². The molecule has 1 heterocycles. The van der Waals surface area contributed by atoms with E-state index in [0.29, 0.717) is 10.8 Å². The van der Waals surface area contributed by atoms with Crippen LogP contribution < -0.4 is 5.32 Å². The molecule has 2 heteroatoms. The summed E-state index contributed by atoms with van der Waals surface area (Å²) in [4.78, 5) is 1.63. The highest BCUT2D eigenvalue weighted by atomic mass is 32.1. The average Bonchev–Trinajstić information content (AvgIpc) is 2.81. The molecule has 0 atom stereocenters. The molecule has 1 aromatic rings. The lowest BCUT2D eigenvalue weighted by molar-refractivity contribution is 0.00860. The molecule has 106 valence electrons. The number of hydrogen-bond donors (Lipinski definition) is 1. The second kappa shape index (κ2) is 5.57. The van der Waals surface area contributed by atoms with Crippen LogP contribution >= 0.6 is 11.3 Å². The quantitative estimate of drug-likeness (QED) is 0.839. The summed E-state index contributed by atoms with van der Waals surface area (Å²) in [5.74, 6) is 0. The lowest BCUT2D eigenvalue weighted by atomic mass is 9.49. The molecule has 2 aliphatic carbocycles. The molecular formula is C17H27NS. The fourth-order valence-electron chi connectivity index (χ4n) is 4.55. The van der Waals surface area contributed by atoms with Gasteiger partial charge in [0, 0.05) is 16.8 Å². The van der Waals surface area contributed by atoms with E-state index >= 15 is 0 Å². The third-order valence-corrected chi connectivity index (χ3v) is 6.46. The fraction of sp³-hybridized carbons (Fsp3) is 0.765. The monoisotopic (exact) mass is 277 g/mol. The van der Waals surface area contributed by atoms with Gasteiger partial charge in [-0.15, -0.1) is 11.3 Å². The van der Waals surface area contributed by atoms with Gasteiger partial charge in [0.05, 0.1) is 0 Å². The van der Waals surface area contributed by atoms with Gasteiger partial charge in [-0.3, -0.25) is 0 Å². The second-order valence-corrected chi connectivity index (χ2v) is 7.75. The van der Waals surface area contributed by atoms with Crippen LogP contribution in [0.5, 0.6) is 0 Å². The van der Waals surface area contributed by atoms with Crippen LogP contribution in [0.25, 0.3) is 0 Å². The molecule has 0 saturated heterocycles. The van der Waals surface area contributed by atoms with Crippen molar-refractivity contribution in [3.05, 3.63) is 22.4 Å². The molecule has 19 heavy (non-hydrogen) atoms. The first-order valence-electron chi connectivity index (χ1n) is 8.03. The maximum Gasteiger partial charge on any atom is 0.0182 e. The summed E-state index contributed by atoms with van der Waals surface area (Å²) in [7, 11) is 0. The van der Waals surface area contributed by atoms with Crippen molar-refractivity contribution in [3.8, 4) is 0 Å². The van der Waals surface area contributed by atoms with Crippen molar-refractivity contribution in [2.45, 2.75) is 63.7 Å². The van der Waals surface area contributed by atoms with Gasteiger partial charge in [-0.2, -0.15) is 0 Å². The van der Waals surface area contributed by atoms with Crippen LogP contribution in [0.3, 0.4) is 0 Å². The maximum atomic E-state index is 3.62. The summed E-state index contributed by atoms with van der Waals surface area (Å²) in [6.07, 6.45) is 11.8. The second-order valence-electron chi connectivity index (χ2n) is 6.81. The molecule has 0 bridgehead atoms. The van der Waals surface area contributed by atoms with Crippen LogP contribution in [-0.2, 0) is 5.41 Å². The van der Waals surface area contributed by atoms with Gasteiger partial charge in [-0.05, 0) is 49.1 Å². The molecule has 0 amide bonds. The van der Waals surface area contributed by atoms with Crippen molar-refractivity contribution in [2.75, 3.05) is 13.1 Å². The summed E-state index contributed by atoms with van der Waals surface area (Å²) in [5.41, 5.74) is 1.17. The van der Waals surface area contributed by atoms with E-state index < -0.39 is 0 Å². The number of thiophene rings is 1. The molecule has 1 nitrogen and oxygen atoms in total. The minimum Gasteiger partial charge on any atom is -0.316 e. The Balaban J connectivity index is 1.74. The van der Waals surface area contributed by atoms with Gasteiger partial charge in [0.2, 0.25) is 0 Å². The van der Waals surface area contributed by atoms with Crippen LogP contribution in [0.1, 0.15) is 63.2 Å². The third kappa shape index (κ3) is 2.62. The lowest BCUT2D eigenvalue weighted by Crippen LogP contribution is -2.54. The Morgan fingerprint density at radius 2 is 1.89 bits per heavy atom. The van der Waals surface area contributed by atoms with Crippen molar-refractivity contribution in [1.82, 2.24) is 5.32 Å². The topological polar surface area (TPSA) is 12.0 Å². The molecule has 2 saturated carbocycles. The largest absolute Gasteiger partial charge is 0.316 e. The Morgan fingerprint density at radius 1 is 1.16 bits per heavy atom. The molecule has 3 rings (SSSR count). The molecule has 2 aliphatic rings. The van der Waals surface area contributed by atoms with Gasteiger partial charge in [0.15, 0.2) is 0 Å². The molecule has 1 aromatic heterocycles. The molecule has 0 aromatic carbocycles. The van der Waals surface area contributed by atoms with E-state index in [1.54, 1.807) is 4.88 Å². The number of hydrogen-bond acceptors (Lipinski definition) is 2. The van der Waals surface area contributed by atoms with E-state index in [2.05, 4.69) is 29.8 Å². The van der Waals surface area contributed by atoms with E-state index in [0.717, 1.165) is 6.54 Å². The molecule has 0 aliphatic heterocycles. The van der Waals surface area contributed by atoms with Crippen LogP contribution in [0.4, 0.5) is 0 Å². The van der Waals surface area contributed by atoms with Gasteiger partial charge in [0.25, 0.3) is 0 Å². The fourth-order valence-corrected chi connectivity index (χ4v) is 5.47. The zero-order chi connectivity index (χ0) is 13.2. The van der Waals surface area contributed by atoms with Gasteiger partial charge in [-0.25, -0.2) is 0 Å². The molecule has 0 radical (unpaired) electrons. The Kier molecular flexibility index (Phi) is 4.00. The highest BCUT2D eigenvalue weighted by molar-refractivity contribution is 7.10. The van der Waals surface area contributed by atoms with E-state index in [4.69, 9.17) is 0 Å². The summed E-state index contributed by atoms with van der Waals surface area (Å²) in [6.45, 7) is 4.51. The normalized spacial score (nSPS) is 24.9. The Hall–Kier alpha value is -0.340. The molecule has 1 spiro atoms. The predicted octanol–water partition coefficient (Wildman–Crippen LogP) is 4.73. The summed E-state index contributed by atoms with van der Waals surface area (Å²) >= 11 is 1.97. The first kappa shape index (κ1) is 13.6. The van der Waals surface area contributed by atoms with Crippen LogP contribution in [0.2, 0.25) is 0 Å². The van der Waals surface area contributed by atoms with Gasteiger partial charge >= 0.3 is 0 Å². The Labute approximate surface area is 121 Å². The first-order valence-corrected chi connectivity index (χ1v) is 8.91. The van der Waals surface area contributed by atoms with Crippen molar-refractivity contribution < 1.29 is 0 Å². The number of rotatable bonds is 4. The SMILES string of the molecule is CCNCC1(c2cccs2)CC2(CCCCCC2)C1. The van der Waals surface area contributed by atoms with Gasteiger partial charge in [0.1, 0.15) is 0 Å². The highest BCUT2D eigenvalue weighted by Gasteiger charge is 2.54. The average molecular weight is 277 g/mol. The molecule has 2 fully saturated rings. The zero-order valence-corrected chi connectivity index (χ0v) is 13.0. The Morgan fingerprint density at radius 3 is 2.47 bits per heavy atom. The minimum atomic E-state index is 0.467. The van der Waals surface area contributed by atoms with Crippen LogP contribution in [-0.4, -0.2) is 13.1 Å². The first-order chi connectivity index (χ1) is 9.29. The Bertz CT molecular complexity index is 379. The maximum absolute atomic E-state index is 3.62. The lowest BCUT2D eigenvalue weighted by Gasteiger charge is -2.57. The zero-order valence-electron chi connectivity index (χ0n) is 12.2. The summed E-state index contributed by atoms with van der Waals surface area (Å²) in [5, 5.41) is 5.87. The van der Waals surface area contributed by atoms with E-state index in [1.165, 1.54) is 57.9 Å². The summed E-state index contributed by atoms with van der Waals surface area (Å²) in [6, 6.07) is 4.59. The number of likely N-dealkylation sites (N-methyl/N-ethyl adjacent to an activating group) is 1. The smallest absolute Gasteiger partial charge is 0.0182 e.